The molecule has 0 spiro atoms. The summed E-state index contributed by atoms with van der Waals surface area (Å²) < 4.78 is 10.5. The van der Waals surface area contributed by atoms with Crippen LogP contribution < -0.4 is 0 Å². The summed E-state index contributed by atoms with van der Waals surface area (Å²) in [5.74, 6) is -1.19. The molecule has 4 heteroatoms. The van der Waals surface area contributed by atoms with E-state index in [1.807, 2.05) is 6.92 Å². The van der Waals surface area contributed by atoms with Gasteiger partial charge in [0, 0.05) is 0 Å². The van der Waals surface area contributed by atoms with Gasteiger partial charge in [-0.3, -0.25) is 9.59 Å². The summed E-state index contributed by atoms with van der Waals surface area (Å²) in [6.07, 6.45) is 1.57. The topological polar surface area (TPSA) is 52.6 Å². The highest BCUT2D eigenvalue weighted by atomic mass is 16.6. The molecule has 0 aliphatic carbocycles. The first-order chi connectivity index (χ1) is 6.48. The first kappa shape index (κ1) is 8.41. The van der Waals surface area contributed by atoms with Crippen LogP contribution in [0, 0.1) is 11.3 Å². The van der Waals surface area contributed by atoms with Gasteiger partial charge in [0.15, 0.2) is 0 Å². The van der Waals surface area contributed by atoms with Crippen LogP contribution in [-0.4, -0.2) is 23.6 Å². The monoisotopic (exact) mass is 196 g/mol. The van der Waals surface area contributed by atoms with Crippen LogP contribution in [-0.2, 0) is 19.1 Å². The molecule has 3 saturated heterocycles. The average Bonchev–Trinajstić information content (AvgIpc) is 2.62. The summed E-state index contributed by atoms with van der Waals surface area (Å²) in [6, 6.07) is 0. The third-order valence-electron chi connectivity index (χ3n) is 4.06. The van der Waals surface area contributed by atoms with Crippen LogP contribution in [0.3, 0.4) is 0 Å². The highest BCUT2D eigenvalue weighted by Crippen LogP contribution is 2.61. The SMILES string of the molecule is C[C@]12C(=O)OC(=O)[C@@H]1[C@@]1(C)CC[C@@H]2O1. The van der Waals surface area contributed by atoms with E-state index in [1.54, 1.807) is 6.92 Å². The normalized spacial score (nSPS) is 55.0. The van der Waals surface area contributed by atoms with Crippen LogP contribution in [0.15, 0.2) is 0 Å². The fourth-order valence-corrected chi connectivity index (χ4v) is 3.32. The summed E-state index contributed by atoms with van der Waals surface area (Å²) >= 11 is 0. The van der Waals surface area contributed by atoms with E-state index in [-0.39, 0.29) is 12.0 Å². The highest BCUT2D eigenvalue weighted by Gasteiger charge is 2.73. The zero-order valence-corrected chi connectivity index (χ0v) is 8.20. The molecule has 0 aromatic rings. The van der Waals surface area contributed by atoms with Crippen molar-refractivity contribution >= 4 is 11.9 Å². The number of cyclic esters (lactones) is 2. The van der Waals surface area contributed by atoms with E-state index >= 15 is 0 Å². The molecule has 4 atom stereocenters. The zero-order valence-electron chi connectivity index (χ0n) is 8.20. The van der Waals surface area contributed by atoms with E-state index in [0.717, 1.165) is 12.8 Å². The molecule has 76 valence electrons. The number of fused-ring (bicyclic) bond motifs is 5. The summed E-state index contributed by atoms with van der Waals surface area (Å²) in [5, 5.41) is 0. The quantitative estimate of drug-likeness (QED) is 0.421. The predicted molar refractivity (Wildman–Crippen MR) is 45.2 cm³/mol. The third kappa shape index (κ3) is 0.639. The molecule has 14 heavy (non-hydrogen) atoms. The Morgan fingerprint density at radius 3 is 2.71 bits per heavy atom. The van der Waals surface area contributed by atoms with Gasteiger partial charge in [0.1, 0.15) is 11.3 Å². The fourth-order valence-electron chi connectivity index (χ4n) is 3.32. The maximum atomic E-state index is 11.6. The lowest BCUT2D eigenvalue weighted by molar-refractivity contribution is -0.160. The molecule has 0 aromatic carbocycles. The fraction of sp³-hybridized carbons (Fsp3) is 0.800. The Morgan fingerprint density at radius 1 is 1.36 bits per heavy atom. The Hall–Kier alpha value is -0.900. The Kier molecular flexibility index (Phi) is 1.22. The minimum atomic E-state index is -0.718. The summed E-state index contributed by atoms with van der Waals surface area (Å²) in [4.78, 5) is 23.1. The number of ether oxygens (including phenoxy) is 2. The van der Waals surface area contributed by atoms with Crippen molar-refractivity contribution in [1.29, 1.82) is 0 Å². The van der Waals surface area contributed by atoms with Crippen LogP contribution in [0.5, 0.6) is 0 Å². The van der Waals surface area contributed by atoms with Crippen molar-refractivity contribution in [2.75, 3.05) is 0 Å². The van der Waals surface area contributed by atoms with Gasteiger partial charge in [0.2, 0.25) is 0 Å². The lowest BCUT2D eigenvalue weighted by atomic mass is 9.64. The molecule has 2 bridgehead atoms. The maximum absolute atomic E-state index is 11.6. The Morgan fingerprint density at radius 2 is 2.07 bits per heavy atom. The number of esters is 2. The number of hydrogen-bond acceptors (Lipinski definition) is 4. The lowest BCUT2D eigenvalue weighted by Crippen LogP contribution is -2.44. The molecular weight excluding hydrogens is 184 g/mol. The van der Waals surface area contributed by atoms with Gasteiger partial charge in [0.05, 0.1) is 11.7 Å². The predicted octanol–water partition coefficient (Wildman–Crippen LogP) is 0.644. The van der Waals surface area contributed by atoms with Gasteiger partial charge in [0.25, 0.3) is 0 Å². The van der Waals surface area contributed by atoms with Gasteiger partial charge in [-0.2, -0.15) is 0 Å². The van der Waals surface area contributed by atoms with E-state index in [4.69, 9.17) is 9.47 Å². The van der Waals surface area contributed by atoms with Crippen molar-refractivity contribution in [3.05, 3.63) is 0 Å². The number of rotatable bonds is 0. The maximum Gasteiger partial charge on any atom is 0.323 e. The van der Waals surface area contributed by atoms with Crippen molar-refractivity contribution in [2.45, 2.75) is 38.4 Å². The second kappa shape index (κ2) is 2.03. The van der Waals surface area contributed by atoms with Crippen LogP contribution in [0.4, 0.5) is 0 Å². The molecule has 3 heterocycles. The summed E-state index contributed by atoms with van der Waals surface area (Å²) in [6.45, 7) is 3.70. The van der Waals surface area contributed by atoms with Crippen molar-refractivity contribution in [3.63, 3.8) is 0 Å². The van der Waals surface area contributed by atoms with Gasteiger partial charge < -0.3 is 9.47 Å². The number of hydrogen-bond donors (Lipinski definition) is 0. The molecule has 3 rings (SSSR count). The largest absolute Gasteiger partial charge is 0.392 e. The molecule has 0 aromatic heterocycles. The number of carbonyl (C=O) groups is 2. The Bertz CT molecular complexity index is 350. The van der Waals surface area contributed by atoms with Crippen LogP contribution in [0.2, 0.25) is 0 Å². The molecule has 0 saturated carbocycles. The molecule has 0 unspecified atom stereocenters. The van der Waals surface area contributed by atoms with Crippen LogP contribution >= 0.6 is 0 Å². The average molecular weight is 196 g/mol. The zero-order chi connectivity index (χ0) is 10.1. The van der Waals surface area contributed by atoms with E-state index in [1.165, 1.54) is 0 Å². The van der Waals surface area contributed by atoms with Gasteiger partial charge in [-0.1, -0.05) is 0 Å². The molecule has 3 aliphatic heterocycles. The minimum absolute atomic E-state index is 0.128. The first-order valence-electron chi connectivity index (χ1n) is 4.92. The lowest BCUT2D eigenvalue weighted by Gasteiger charge is -2.30. The molecule has 4 nitrogen and oxygen atoms in total. The highest BCUT2D eigenvalue weighted by molar-refractivity contribution is 6.00. The third-order valence-corrected chi connectivity index (χ3v) is 4.06. The van der Waals surface area contributed by atoms with Gasteiger partial charge >= 0.3 is 11.9 Å². The number of carbonyl (C=O) groups excluding carboxylic acids is 2. The van der Waals surface area contributed by atoms with Crippen LogP contribution in [0.1, 0.15) is 26.7 Å². The smallest absolute Gasteiger partial charge is 0.323 e. The molecule has 3 fully saturated rings. The first-order valence-corrected chi connectivity index (χ1v) is 4.92. The standard InChI is InChI=1S/C10H12O4/c1-9-4-3-5(14-9)10(2)6(9)7(11)13-8(10)12/h5-6H,3-4H2,1-2H3/t5-,6+,9+,10+/m0/s1. The Labute approximate surface area is 81.6 Å². The van der Waals surface area contributed by atoms with Crippen LogP contribution in [0.25, 0.3) is 0 Å². The van der Waals surface area contributed by atoms with Gasteiger partial charge in [-0.15, -0.1) is 0 Å². The van der Waals surface area contributed by atoms with Gasteiger partial charge in [-0.05, 0) is 26.7 Å². The second-order valence-electron chi connectivity index (χ2n) is 4.88. The molecule has 3 aliphatic rings. The molecule has 0 N–H and O–H groups in total. The van der Waals surface area contributed by atoms with E-state index in [0.29, 0.717) is 0 Å². The van der Waals surface area contributed by atoms with Crippen molar-refractivity contribution < 1.29 is 19.1 Å². The van der Waals surface area contributed by atoms with E-state index in [9.17, 15) is 9.59 Å². The van der Waals surface area contributed by atoms with Crippen molar-refractivity contribution in [3.8, 4) is 0 Å². The van der Waals surface area contributed by atoms with Crippen molar-refractivity contribution in [1.82, 2.24) is 0 Å². The van der Waals surface area contributed by atoms with Crippen molar-refractivity contribution in [2.24, 2.45) is 11.3 Å². The van der Waals surface area contributed by atoms with E-state index in [2.05, 4.69) is 0 Å². The summed E-state index contributed by atoms with van der Waals surface area (Å²) in [5.41, 5.74) is -1.19. The van der Waals surface area contributed by atoms with Gasteiger partial charge in [-0.25, -0.2) is 0 Å². The molecule has 0 amide bonds. The Balaban J connectivity index is 2.16. The second-order valence-corrected chi connectivity index (χ2v) is 4.88. The van der Waals surface area contributed by atoms with E-state index < -0.39 is 23.0 Å². The summed E-state index contributed by atoms with van der Waals surface area (Å²) in [7, 11) is 0. The molecular formula is C10H12O4. The molecule has 0 radical (unpaired) electrons. The minimum Gasteiger partial charge on any atom is -0.392 e.